The quantitative estimate of drug-likeness (QED) is 0.401. The molecule has 14 heteroatoms. The number of thiazole rings is 1. The number of thioether (sulfide) groups is 1. The number of methoxy groups -OCH3 is 1. The van der Waals surface area contributed by atoms with E-state index in [0.29, 0.717) is 26.1 Å². The summed E-state index contributed by atoms with van der Waals surface area (Å²) in [6, 6.07) is 8.24. The molecule has 3 aromatic rings. The van der Waals surface area contributed by atoms with Crippen LogP contribution >= 0.6 is 23.1 Å². The molecule has 3 heterocycles. The van der Waals surface area contributed by atoms with Gasteiger partial charge in [0.05, 0.1) is 18.1 Å². The van der Waals surface area contributed by atoms with E-state index in [1.807, 2.05) is 0 Å². The molecular formula is C24H19FN4O7S2. The monoisotopic (exact) mass is 558 g/mol. The van der Waals surface area contributed by atoms with E-state index in [-0.39, 0.29) is 11.5 Å². The van der Waals surface area contributed by atoms with Crippen LogP contribution in [-0.4, -0.2) is 50.7 Å². The van der Waals surface area contributed by atoms with Crippen molar-refractivity contribution in [2.45, 2.75) is 22.7 Å². The van der Waals surface area contributed by atoms with Crippen LogP contribution in [0.5, 0.6) is 11.5 Å². The lowest BCUT2D eigenvalue weighted by molar-refractivity contribution is -0.135. The van der Waals surface area contributed by atoms with Crippen molar-refractivity contribution in [1.29, 1.82) is 0 Å². The fourth-order valence-corrected chi connectivity index (χ4v) is 7.37. The zero-order valence-corrected chi connectivity index (χ0v) is 21.2. The number of nitrogens with two attached hydrogens (primary N) is 1. The lowest BCUT2D eigenvalue weighted by Crippen LogP contribution is -2.41. The molecular weight excluding hydrogens is 539 g/mol. The van der Waals surface area contributed by atoms with Crippen molar-refractivity contribution >= 4 is 52.5 Å². The maximum atomic E-state index is 13.2. The van der Waals surface area contributed by atoms with Crippen molar-refractivity contribution in [2.75, 3.05) is 12.4 Å². The molecule has 1 fully saturated rings. The summed E-state index contributed by atoms with van der Waals surface area (Å²) in [4.78, 5) is 64.4. The van der Waals surface area contributed by atoms with Crippen LogP contribution in [0.15, 0.2) is 52.3 Å². The Balaban J connectivity index is 1.58. The third-order valence-corrected chi connectivity index (χ3v) is 8.87. The van der Waals surface area contributed by atoms with Crippen molar-refractivity contribution < 1.29 is 33.4 Å². The van der Waals surface area contributed by atoms with Gasteiger partial charge in [0.15, 0.2) is 11.5 Å². The Hall–Kier alpha value is -4.17. The van der Waals surface area contributed by atoms with E-state index in [9.17, 15) is 33.5 Å². The second-order valence-corrected chi connectivity index (χ2v) is 10.6. The summed E-state index contributed by atoms with van der Waals surface area (Å²) >= 11 is 1.72. The largest absolute Gasteiger partial charge is 0.504 e. The van der Waals surface area contributed by atoms with Gasteiger partial charge in [-0.1, -0.05) is 29.2 Å². The highest BCUT2D eigenvalue weighted by Gasteiger charge is 2.58. The number of primary amides is 1. The topological polar surface area (TPSA) is 161 Å². The van der Waals surface area contributed by atoms with Gasteiger partial charge >= 0.3 is 10.9 Å². The van der Waals surface area contributed by atoms with Gasteiger partial charge in [0.1, 0.15) is 17.6 Å². The zero-order chi connectivity index (χ0) is 27.3. The molecule has 1 aromatic heterocycles. The Bertz CT molecular complexity index is 1550. The molecule has 1 saturated heterocycles. The number of hydrogen-bond donors (Lipinski definition) is 3. The lowest BCUT2D eigenvalue weighted by atomic mass is 9.83. The number of aromatic nitrogens is 1. The molecule has 196 valence electrons. The highest BCUT2D eigenvalue weighted by Crippen LogP contribution is 2.53. The van der Waals surface area contributed by atoms with Crippen LogP contribution < -0.4 is 20.7 Å². The van der Waals surface area contributed by atoms with Crippen molar-refractivity contribution in [2.24, 2.45) is 11.7 Å². The summed E-state index contributed by atoms with van der Waals surface area (Å²) in [6.07, 6.45) is 0. The first kappa shape index (κ1) is 25.5. The Kier molecular flexibility index (Phi) is 6.44. The molecule has 38 heavy (non-hydrogen) atoms. The predicted molar refractivity (Wildman–Crippen MR) is 135 cm³/mol. The fourth-order valence-electron chi connectivity index (χ4n) is 4.60. The summed E-state index contributed by atoms with van der Waals surface area (Å²) in [5.41, 5.74) is 6.09. The maximum Gasteiger partial charge on any atom is 0.328 e. The number of likely N-dealkylation sites (tertiary alicyclic amines) is 1. The number of nitrogens with one attached hydrogen (secondary N) is 1. The van der Waals surface area contributed by atoms with E-state index in [1.165, 1.54) is 54.1 Å². The van der Waals surface area contributed by atoms with Crippen molar-refractivity contribution in [3.05, 3.63) is 68.4 Å². The SMILES string of the molecule is COc1cc([C@@H]2c3sc(=O)n(CC(=O)Nc4ccc(F)cc4)c3S[C@@H]3C(=O)N(C(N)=O)C(=O)[C@H]23)ccc1O. The average molecular weight is 559 g/mol. The minimum Gasteiger partial charge on any atom is -0.504 e. The third-order valence-electron chi connectivity index (χ3n) is 6.26. The van der Waals surface area contributed by atoms with Crippen LogP contribution in [0, 0.1) is 11.7 Å². The number of halogens is 1. The minimum absolute atomic E-state index is 0.104. The summed E-state index contributed by atoms with van der Waals surface area (Å²) in [6.45, 7) is -0.417. The number of carbonyl (C=O) groups excluding carboxylic acids is 4. The van der Waals surface area contributed by atoms with Gasteiger partial charge in [0.25, 0.3) is 5.91 Å². The maximum absolute atomic E-state index is 13.2. The molecule has 2 aromatic carbocycles. The Morgan fingerprint density at radius 1 is 1.13 bits per heavy atom. The van der Waals surface area contributed by atoms with Gasteiger partial charge in [0, 0.05) is 16.5 Å². The third kappa shape index (κ3) is 4.20. The molecule has 5 rings (SSSR count). The number of ether oxygens (including phenoxy) is 1. The number of phenols is 1. The molecule has 3 atom stereocenters. The number of rotatable bonds is 5. The molecule has 11 nitrogen and oxygen atoms in total. The van der Waals surface area contributed by atoms with Gasteiger partial charge in [-0.25, -0.2) is 9.18 Å². The molecule has 0 radical (unpaired) electrons. The molecule has 0 bridgehead atoms. The number of imide groups is 3. The van der Waals surface area contributed by atoms with Crippen LogP contribution in [0.2, 0.25) is 0 Å². The number of carbonyl (C=O) groups is 4. The number of urea groups is 1. The first-order valence-corrected chi connectivity index (χ1v) is 12.8. The first-order chi connectivity index (χ1) is 18.1. The van der Waals surface area contributed by atoms with Gasteiger partial charge in [-0.05, 0) is 42.0 Å². The Labute approximate surface area is 222 Å². The van der Waals surface area contributed by atoms with E-state index in [4.69, 9.17) is 10.5 Å². The lowest BCUT2D eigenvalue weighted by Gasteiger charge is -2.30. The van der Waals surface area contributed by atoms with Gasteiger partial charge in [-0.15, -0.1) is 0 Å². The summed E-state index contributed by atoms with van der Waals surface area (Å²) in [5.74, 6) is -4.66. The van der Waals surface area contributed by atoms with E-state index < -0.39 is 58.1 Å². The van der Waals surface area contributed by atoms with Crippen LogP contribution in [0.4, 0.5) is 14.9 Å². The molecule has 0 saturated carbocycles. The van der Waals surface area contributed by atoms with Crippen LogP contribution in [0.25, 0.3) is 0 Å². The number of phenolic OH excluding ortho intramolecular Hbond substituents is 1. The molecule has 0 unspecified atom stereocenters. The zero-order valence-electron chi connectivity index (χ0n) is 19.5. The second kappa shape index (κ2) is 9.61. The average Bonchev–Trinajstić information content (AvgIpc) is 3.32. The number of fused-ring (bicyclic) bond motifs is 2. The molecule has 0 aliphatic carbocycles. The molecule has 2 aliphatic heterocycles. The summed E-state index contributed by atoms with van der Waals surface area (Å²) in [5, 5.41) is 11.9. The van der Waals surface area contributed by atoms with Crippen molar-refractivity contribution in [1.82, 2.24) is 9.47 Å². The van der Waals surface area contributed by atoms with Gasteiger partial charge < -0.3 is 20.9 Å². The van der Waals surface area contributed by atoms with Crippen LogP contribution in [0.1, 0.15) is 16.4 Å². The van der Waals surface area contributed by atoms with E-state index in [0.717, 1.165) is 23.1 Å². The number of hydrogen-bond acceptors (Lipinski definition) is 9. The Morgan fingerprint density at radius 2 is 1.84 bits per heavy atom. The van der Waals surface area contributed by atoms with Crippen LogP contribution in [0.3, 0.4) is 0 Å². The minimum atomic E-state index is -1.21. The van der Waals surface area contributed by atoms with E-state index >= 15 is 0 Å². The molecule has 0 spiro atoms. The van der Waals surface area contributed by atoms with Crippen LogP contribution in [-0.2, 0) is 20.9 Å². The van der Waals surface area contributed by atoms with E-state index in [2.05, 4.69) is 5.32 Å². The number of nitrogens with zero attached hydrogens (tertiary/aromatic N) is 2. The molecule has 2 aliphatic rings. The highest BCUT2D eigenvalue weighted by molar-refractivity contribution is 8.00. The van der Waals surface area contributed by atoms with E-state index in [1.54, 1.807) is 0 Å². The standard InChI is InChI=1S/C24H19FN4O7S2/c1-36-14-8-10(2-7-13(14)30)16-17-18(21(33)29(20(17)32)23(26)34)37-22-19(16)38-24(35)28(22)9-15(31)27-12-5-3-11(25)4-6-12/h2-8,16-18,30H,9H2,1H3,(H2,26,34)(H,27,31)/t16-,17+,18-/m0/s1. The smallest absolute Gasteiger partial charge is 0.328 e. The van der Waals surface area contributed by atoms with Gasteiger partial charge in [0.2, 0.25) is 11.8 Å². The second-order valence-electron chi connectivity index (χ2n) is 8.50. The number of amides is 5. The number of benzene rings is 2. The predicted octanol–water partition coefficient (Wildman–Crippen LogP) is 2.07. The Morgan fingerprint density at radius 3 is 2.50 bits per heavy atom. The normalized spacial score (nSPS) is 20.2. The molecule has 5 amide bonds. The summed E-state index contributed by atoms with van der Waals surface area (Å²) in [7, 11) is 1.34. The molecule has 4 N–H and O–H groups in total. The highest BCUT2D eigenvalue weighted by atomic mass is 32.2. The van der Waals surface area contributed by atoms with Crippen molar-refractivity contribution in [3.63, 3.8) is 0 Å². The van der Waals surface area contributed by atoms with Gasteiger partial charge in [-0.2, -0.15) is 4.90 Å². The summed E-state index contributed by atoms with van der Waals surface area (Å²) < 4.78 is 19.6. The van der Waals surface area contributed by atoms with Gasteiger partial charge in [-0.3, -0.25) is 23.7 Å². The fraction of sp³-hybridized carbons (Fsp3) is 0.208. The first-order valence-electron chi connectivity index (χ1n) is 11.1. The van der Waals surface area contributed by atoms with Crippen molar-refractivity contribution in [3.8, 4) is 11.5 Å². The number of aromatic hydroxyl groups is 1. The number of anilines is 1.